The zero-order chi connectivity index (χ0) is 25.9. The Hall–Kier alpha value is -2.12. The number of aliphatic hydroxyl groups excluding tert-OH is 2. The molecule has 3 aromatic carbocycles. The monoisotopic (exact) mass is 531 g/mol. The topological polar surface area (TPSA) is 62.2 Å². The molecular weight excluding hydrogens is 497 g/mol. The number of aliphatic hydroxyl groups is 2. The maximum Gasteiger partial charge on any atom is 0.119 e. The molecule has 7 heteroatoms. The Morgan fingerprint density at radius 2 is 1.36 bits per heavy atom. The summed E-state index contributed by atoms with van der Waals surface area (Å²) in [5, 5.41) is 23.1. The molecule has 0 bridgehead atoms. The molecule has 3 atom stereocenters. The van der Waals surface area contributed by atoms with Crippen LogP contribution in [0.2, 0.25) is 10.0 Å². The lowest BCUT2D eigenvalue weighted by Gasteiger charge is -2.33. The maximum absolute atomic E-state index is 11.0. The van der Waals surface area contributed by atoms with Crippen molar-refractivity contribution in [1.82, 2.24) is 4.90 Å². The van der Waals surface area contributed by atoms with E-state index in [9.17, 15) is 10.2 Å². The predicted molar refractivity (Wildman–Crippen MR) is 146 cm³/mol. The van der Waals surface area contributed by atoms with Crippen LogP contribution in [-0.2, 0) is 11.2 Å². The molecule has 5 nitrogen and oxygen atoms in total. The predicted octanol–water partition coefficient (Wildman–Crippen LogP) is 6.11. The summed E-state index contributed by atoms with van der Waals surface area (Å²) >= 11 is 12.3. The van der Waals surface area contributed by atoms with E-state index in [2.05, 4.69) is 11.8 Å². The number of hydrogen-bond donors (Lipinski definition) is 2. The first-order valence-electron chi connectivity index (χ1n) is 12.3. The normalized spacial score (nSPS) is 14.0. The van der Waals surface area contributed by atoms with Gasteiger partial charge in [-0.1, -0.05) is 59.6 Å². The van der Waals surface area contributed by atoms with Gasteiger partial charge in [0.15, 0.2) is 0 Å². The third kappa shape index (κ3) is 9.07. The van der Waals surface area contributed by atoms with Crippen LogP contribution in [0.4, 0.5) is 0 Å². The number of halogens is 2. The lowest BCUT2D eigenvalue weighted by molar-refractivity contribution is 0.0480. The average Bonchev–Trinajstić information content (AvgIpc) is 2.87. The number of benzene rings is 3. The Balaban J connectivity index is 1.70. The van der Waals surface area contributed by atoms with Gasteiger partial charge in [-0.05, 0) is 73.4 Å². The van der Waals surface area contributed by atoms with Crippen LogP contribution >= 0.6 is 23.2 Å². The highest BCUT2D eigenvalue weighted by Gasteiger charge is 2.23. The molecule has 194 valence electrons. The van der Waals surface area contributed by atoms with E-state index in [-0.39, 0.29) is 6.04 Å². The van der Waals surface area contributed by atoms with E-state index in [1.54, 1.807) is 24.3 Å². The van der Waals surface area contributed by atoms with Gasteiger partial charge in [0.2, 0.25) is 0 Å². The minimum atomic E-state index is -0.751. The van der Waals surface area contributed by atoms with Crippen LogP contribution in [0.5, 0.6) is 5.75 Å². The highest BCUT2D eigenvalue weighted by Crippen LogP contribution is 2.24. The van der Waals surface area contributed by atoms with E-state index in [0.717, 1.165) is 28.9 Å². The minimum absolute atomic E-state index is 0.0393. The van der Waals surface area contributed by atoms with Crippen LogP contribution in [0, 0.1) is 0 Å². The lowest BCUT2D eigenvalue weighted by Crippen LogP contribution is -2.40. The first-order chi connectivity index (χ1) is 17.4. The van der Waals surface area contributed by atoms with E-state index >= 15 is 0 Å². The fraction of sp³-hybridized carbons (Fsp3) is 0.379. The Morgan fingerprint density at radius 3 is 1.86 bits per heavy atom. The summed E-state index contributed by atoms with van der Waals surface area (Å²) in [4.78, 5) is 2.10. The number of hydrogen-bond acceptors (Lipinski definition) is 5. The molecule has 3 aromatic rings. The van der Waals surface area contributed by atoms with E-state index < -0.39 is 12.2 Å². The number of rotatable bonds is 14. The highest BCUT2D eigenvalue weighted by molar-refractivity contribution is 6.30. The first kappa shape index (κ1) is 28.5. The molecule has 0 heterocycles. The van der Waals surface area contributed by atoms with Gasteiger partial charge in [0.1, 0.15) is 12.4 Å². The van der Waals surface area contributed by atoms with Crippen LogP contribution in [0.25, 0.3) is 0 Å². The van der Waals surface area contributed by atoms with Crippen molar-refractivity contribution in [2.75, 3.05) is 32.9 Å². The van der Waals surface area contributed by atoms with E-state index in [1.807, 2.05) is 55.5 Å². The summed E-state index contributed by atoms with van der Waals surface area (Å²) in [6.07, 6.45) is -0.762. The zero-order valence-electron chi connectivity index (χ0n) is 20.8. The molecule has 0 aliphatic heterocycles. The molecule has 0 unspecified atom stereocenters. The van der Waals surface area contributed by atoms with Crippen LogP contribution in [-0.4, -0.2) is 54.1 Å². The van der Waals surface area contributed by atoms with E-state index in [1.165, 1.54) is 0 Å². The Kier molecular flexibility index (Phi) is 11.5. The summed E-state index contributed by atoms with van der Waals surface area (Å²) in [7, 11) is 0. The van der Waals surface area contributed by atoms with Gasteiger partial charge in [0, 0.05) is 35.8 Å². The average molecular weight is 533 g/mol. The molecule has 2 N–H and O–H groups in total. The van der Waals surface area contributed by atoms with Crippen molar-refractivity contribution >= 4 is 23.2 Å². The second-order valence-electron chi connectivity index (χ2n) is 8.84. The lowest BCUT2D eigenvalue weighted by atomic mass is 10.0. The first-order valence-corrected chi connectivity index (χ1v) is 13.0. The van der Waals surface area contributed by atoms with Crippen molar-refractivity contribution < 1.29 is 19.7 Å². The molecule has 0 fully saturated rings. The molecule has 0 aliphatic rings. The van der Waals surface area contributed by atoms with Crippen molar-refractivity contribution in [2.45, 2.75) is 38.5 Å². The Labute approximate surface area is 224 Å². The number of nitrogens with zero attached hydrogens (tertiary/aromatic N) is 1. The third-order valence-electron chi connectivity index (χ3n) is 6.06. The maximum atomic E-state index is 11.0. The largest absolute Gasteiger partial charge is 0.491 e. The molecule has 0 aliphatic carbocycles. The van der Waals surface area contributed by atoms with Gasteiger partial charge in [-0.25, -0.2) is 0 Å². The summed E-state index contributed by atoms with van der Waals surface area (Å²) in [5.74, 6) is 0.802. The van der Waals surface area contributed by atoms with Gasteiger partial charge in [0.05, 0.1) is 18.8 Å². The Morgan fingerprint density at radius 1 is 0.806 bits per heavy atom. The van der Waals surface area contributed by atoms with Crippen molar-refractivity contribution in [1.29, 1.82) is 0 Å². The fourth-order valence-corrected chi connectivity index (χ4v) is 4.47. The SMILES string of the molecule is CCOCCOc1ccc(C[C@H](C)N(C[C@H](O)c2cccc(Cl)c2)C[C@H](O)c2cccc(Cl)c2)cc1. The smallest absolute Gasteiger partial charge is 0.119 e. The molecule has 0 spiro atoms. The standard InChI is InChI=1S/C29H35Cl2NO4/c1-3-35-14-15-36-27-12-10-22(11-13-27)16-21(2)32(19-28(33)23-6-4-8-25(30)17-23)20-29(34)24-7-5-9-26(31)18-24/h4-13,17-18,21,28-29,33-34H,3,14-16,19-20H2,1-2H3/t21-,28-,29-/m0/s1. The molecule has 3 rings (SSSR count). The van der Waals surface area contributed by atoms with Gasteiger partial charge in [0.25, 0.3) is 0 Å². The molecule has 36 heavy (non-hydrogen) atoms. The summed E-state index contributed by atoms with van der Waals surface area (Å²) < 4.78 is 11.0. The van der Waals surface area contributed by atoms with Gasteiger partial charge in [-0.2, -0.15) is 0 Å². The van der Waals surface area contributed by atoms with Gasteiger partial charge >= 0.3 is 0 Å². The van der Waals surface area contributed by atoms with Crippen molar-refractivity contribution in [3.63, 3.8) is 0 Å². The quantitative estimate of drug-likeness (QED) is 0.246. The molecule has 0 amide bonds. The van der Waals surface area contributed by atoms with E-state index in [4.69, 9.17) is 32.7 Å². The molecular formula is C29H35Cl2NO4. The van der Waals surface area contributed by atoms with Crippen LogP contribution < -0.4 is 4.74 Å². The molecule has 0 saturated heterocycles. The van der Waals surface area contributed by atoms with Crippen LogP contribution in [0.1, 0.15) is 42.7 Å². The molecule has 0 aromatic heterocycles. The fourth-order valence-electron chi connectivity index (χ4n) is 4.07. The molecule has 0 saturated carbocycles. The number of ether oxygens (including phenoxy) is 2. The second kappa shape index (κ2) is 14.6. The van der Waals surface area contributed by atoms with Crippen molar-refractivity contribution in [3.8, 4) is 5.75 Å². The summed E-state index contributed by atoms with van der Waals surface area (Å²) in [6, 6.07) is 22.5. The van der Waals surface area contributed by atoms with E-state index in [0.29, 0.717) is 43.0 Å². The van der Waals surface area contributed by atoms with Gasteiger partial charge in [-0.15, -0.1) is 0 Å². The van der Waals surface area contributed by atoms with Gasteiger partial charge < -0.3 is 19.7 Å². The minimum Gasteiger partial charge on any atom is -0.491 e. The highest BCUT2D eigenvalue weighted by atomic mass is 35.5. The van der Waals surface area contributed by atoms with Crippen LogP contribution in [0.15, 0.2) is 72.8 Å². The zero-order valence-corrected chi connectivity index (χ0v) is 22.3. The third-order valence-corrected chi connectivity index (χ3v) is 6.53. The van der Waals surface area contributed by atoms with Crippen molar-refractivity contribution in [3.05, 3.63) is 99.5 Å². The van der Waals surface area contributed by atoms with Crippen molar-refractivity contribution in [2.24, 2.45) is 0 Å². The second-order valence-corrected chi connectivity index (χ2v) is 9.71. The summed E-state index contributed by atoms with van der Waals surface area (Å²) in [5.41, 5.74) is 2.62. The Bertz CT molecular complexity index is 1010. The molecule has 0 radical (unpaired) electrons. The van der Waals surface area contributed by atoms with Gasteiger partial charge in [-0.3, -0.25) is 4.90 Å². The summed E-state index contributed by atoms with van der Waals surface area (Å²) in [6.45, 7) is 6.50. The van der Waals surface area contributed by atoms with Crippen LogP contribution in [0.3, 0.4) is 0 Å².